The van der Waals surface area contributed by atoms with Crippen molar-refractivity contribution in [2.75, 3.05) is 32.4 Å². The van der Waals surface area contributed by atoms with Gasteiger partial charge in [0.25, 0.3) is 0 Å². The fourth-order valence-corrected chi connectivity index (χ4v) is 5.73. The maximum absolute atomic E-state index is 14.1. The van der Waals surface area contributed by atoms with Crippen LogP contribution < -0.4 is 10.5 Å². The molecule has 4 heterocycles. The number of ether oxygens (including phenoxy) is 1. The number of likely N-dealkylation sites (N-methyl/N-ethyl adjacent to an activating group) is 1. The van der Waals surface area contributed by atoms with E-state index in [1.54, 1.807) is 19.4 Å². The molecule has 0 radical (unpaired) electrons. The number of nitrogen functional groups attached to an aromatic ring is 1. The molecule has 1 saturated heterocycles. The van der Waals surface area contributed by atoms with Gasteiger partial charge in [0.1, 0.15) is 17.7 Å². The molecule has 196 valence electrons. The Hall–Kier alpha value is -2.88. The Morgan fingerprint density at radius 1 is 1.27 bits per heavy atom. The summed E-state index contributed by atoms with van der Waals surface area (Å²) in [6, 6.07) is 0.571. The maximum Gasteiger partial charge on any atom is 0.240 e. The summed E-state index contributed by atoms with van der Waals surface area (Å²) in [7, 11) is 1.99. The lowest BCUT2D eigenvalue weighted by Crippen LogP contribution is -2.45. The van der Waals surface area contributed by atoms with Crippen LogP contribution in [0.3, 0.4) is 0 Å². The zero-order valence-corrected chi connectivity index (χ0v) is 21.9. The minimum Gasteiger partial charge on any atom is -0.478 e. The summed E-state index contributed by atoms with van der Waals surface area (Å²) in [6.45, 7) is 3.60. The van der Waals surface area contributed by atoms with E-state index in [0.717, 1.165) is 30.5 Å². The predicted octanol–water partition coefficient (Wildman–Crippen LogP) is 5.84. The summed E-state index contributed by atoms with van der Waals surface area (Å²) < 4.78 is 40.0. The molecule has 0 unspecified atom stereocenters. The number of amides is 1. The number of nitrogens with two attached hydrogens (primary N) is 1. The minimum absolute atomic E-state index is 0.0412. The number of carbonyl (C=O) groups is 1. The molecule has 0 saturated carbocycles. The Balaban J connectivity index is 1.41. The first kappa shape index (κ1) is 25.8. The first-order valence-corrected chi connectivity index (χ1v) is 12.8. The quantitative estimate of drug-likeness (QED) is 0.401. The second-order valence-corrected chi connectivity index (χ2v) is 10.2. The molecular formula is C26H26Cl2F2N4O3. The predicted molar refractivity (Wildman–Crippen MR) is 139 cm³/mol. The van der Waals surface area contributed by atoms with E-state index < -0.39 is 17.7 Å². The number of pyridine rings is 1. The normalized spacial score (nSPS) is 19.4. The highest BCUT2D eigenvalue weighted by atomic mass is 35.5. The topological polar surface area (TPSA) is 84.8 Å². The zero-order valence-electron chi connectivity index (χ0n) is 20.4. The lowest BCUT2D eigenvalue weighted by Gasteiger charge is -2.30. The second-order valence-electron chi connectivity index (χ2n) is 9.41. The second kappa shape index (κ2) is 10.1. The van der Waals surface area contributed by atoms with Crippen molar-refractivity contribution in [1.29, 1.82) is 0 Å². The number of furan rings is 1. The van der Waals surface area contributed by atoms with Crippen LogP contribution in [0, 0.1) is 11.6 Å². The van der Waals surface area contributed by atoms with Crippen LogP contribution in [-0.4, -0.2) is 53.4 Å². The molecule has 0 aliphatic carbocycles. The van der Waals surface area contributed by atoms with Crippen molar-refractivity contribution in [3.8, 4) is 5.75 Å². The molecule has 2 aliphatic rings. The highest BCUT2D eigenvalue weighted by molar-refractivity contribution is 6.36. The van der Waals surface area contributed by atoms with Crippen LogP contribution in [0.25, 0.3) is 16.5 Å². The van der Waals surface area contributed by atoms with Crippen molar-refractivity contribution in [2.45, 2.75) is 38.3 Å². The Morgan fingerprint density at radius 3 is 2.62 bits per heavy atom. The number of benzene rings is 1. The van der Waals surface area contributed by atoms with Crippen molar-refractivity contribution in [3.05, 3.63) is 57.4 Å². The van der Waals surface area contributed by atoms with Crippen molar-refractivity contribution >= 4 is 51.5 Å². The third-order valence-corrected chi connectivity index (χ3v) is 7.89. The molecule has 2 N–H and O–H groups in total. The molecule has 37 heavy (non-hydrogen) atoms. The summed E-state index contributed by atoms with van der Waals surface area (Å²) in [5.74, 6) is -1.58. The molecule has 2 aromatic heterocycles. The molecule has 1 aromatic carbocycles. The van der Waals surface area contributed by atoms with Crippen LogP contribution in [0.2, 0.25) is 10.0 Å². The largest absolute Gasteiger partial charge is 0.478 e. The van der Waals surface area contributed by atoms with Gasteiger partial charge in [0.05, 0.1) is 27.7 Å². The van der Waals surface area contributed by atoms with E-state index in [2.05, 4.69) is 9.88 Å². The van der Waals surface area contributed by atoms with Crippen molar-refractivity contribution < 1.29 is 22.7 Å². The van der Waals surface area contributed by atoms with Gasteiger partial charge in [-0.05, 0) is 45.4 Å². The number of hydrogen-bond acceptors (Lipinski definition) is 6. The average molecular weight is 551 g/mol. The van der Waals surface area contributed by atoms with E-state index in [-0.39, 0.29) is 39.1 Å². The zero-order chi connectivity index (χ0) is 26.4. The number of aromatic nitrogens is 1. The van der Waals surface area contributed by atoms with E-state index in [4.69, 9.17) is 38.1 Å². The number of carbonyl (C=O) groups excluding carboxylic acids is 1. The highest BCUT2D eigenvalue weighted by Gasteiger charge is 2.32. The van der Waals surface area contributed by atoms with Crippen LogP contribution in [0.1, 0.15) is 43.4 Å². The van der Waals surface area contributed by atoms with E-state index >= 15 is 0 Å². The van der Waals surface area contributed by atoms with Gasteiger partial charge in [-0.2, -0.15) is 0 Å². The fraction of sp³-hybridized carbons (Fsp3) is 0.385. The van der Waals surface area contributed by atoms with Crippen LogP contribution in [0.15, 0.2) is 29.0 Å². The average Bonchev–Trinajstić information content (AvgIpc) is 3.51. The van der Waals surface area contributed by atoms with Gasteiger partial charge >= 0.3 is 0 Å². The van der Waals surface area contributed by atoms with Gasteiger partial charge in [0.2, 0.25) is 11.7 Å². The first-order valence-electron chi connectivity index (χ1n) is 12.0. The van der Waals surface area contributed by atoms with Crippen molar-refractivity contribution in [1.82, 2.24) is 14.8 Å². The van der Waals surface area contributed by atoms with Crippen molar-refractivity contribution in [3.63, 3.8) is 0 Å². The molecule has 1 amide bonds. The van der Waals surface area contributed by atoms with Gasteiger partial charge in [-0.1, -0.05) is 29.3 Å². The number of anilines is 1. The van der Waals surface area contributed by atoms with Gasteiger partial charge in [0.15, 0.2) is 11.4 Å². The summed E-state index contributed by atoms with van der Waals surface area (Å²) >= 11 is 12.1. The highest BCUT2D eigenvalue weighted by Crippen LogP contribution is 2.42. The summed E-state index contributed by atoms with van der Waals surface area (Å²) in [5.41, 5.74) is 8.22. The van der Waals surface area contributed by atoms with Gasteiger partial charge in [-0.3, -0.25) is 9.69 Å². The van der Waals surface area contributed by atoms with Crippen LogP contribution in [-0.2, 0) is 4.79 Å². The van der Waals surface area contributed by atoms with Gasteiger partial charge in [0, 0.05) is 36.5 Å². The van der Waals surface area contributed by atoms with Crippen LogP contribution >= 0.6 is 23.2 Å². The lowest BCUT2D eigenvalue weighted by atomic mass is 9.99. The van der Waals surface area contributed by atoms with Gasteiger partial charge in [-0.15, -0.1) is 0 Å². The Kier molecular flexibility index (Phi) is 7.04. The van der Waals surface area contributed by atoms with Crippen LogP contribution in [0.4, 0.5) is 14.6 Å². The smallest absolute Gasteiger partial charge is 0.240 e. The van der Waals surface area contributed by atoms with E-state index in [1.165, 1.54) is 0 Å². The third kappa shape index (κ3) is 4.64. The van der Waals surface area contributed by atoms with Gasteiger partial charge < -0.3 is 19.8 Å². The van der Waals surface area contributed by atoms with Crippen molar-refractivity contribution in [2.24, 2.45) is 0 Å². The number of hydrogen-bond donors (Lipinski definition) is 1. The molecule has 5 rings (SSSR count). The number of fused-ring (bicyclic) bond motifs is 1. The number of rotatable bonds is 5. The molecule has 2 aliphatic heterocycles. The van der Waals surface area contributed by atoms with E-state index in [0.29, 0.717) is 36.5 Å². The van der Waals surface area contributed by atoms with E-state index in [1.807, 2.05) is 18.0 Å². The monoisotopic (exact) mass is 550 g/mol. The molecule has 1 fully saturated rings. The molecule has 2 atom stereocenters. The third-order valence-electron chi connectivity index (χ3n) is 7.12. The molecular weight excluding hydrogens is 525 g/mol. The Labute approximate surface area is 222 Å². The first-order chi connectivity index (χ1) is 17.7. The molecule has 0 bridgehead atoms. The fourth-order valence-electron chi connectivity index (χ4n) is 5.07. The molecule has 3 aromatic rings. The summed E-state index contributed by atoms with van der Waals surface area (Å²) in [5, 5.41) is -0.0124. The standard InChI is InChI=1S/C26H26Cl2F2N4O3/c1-13(20-21(27)17(29)10-18(30)22(20)28)37-24-23-15(11-32-25(24)31)16(12-36-23)14-5-8-34(9-6-14)26(35)19-4-3-7-33(19)2/h5,10-13,19H,3-4,6-9H2,1-2H3,(H2,31,32)/t13-,19+/m1/s1. The van der Waals surface area contributed by atoms with Gasteiger partial charge in [-0.25, -0.2) is 13.8 Å². The Bertz CT molecular complexity index is 1380. The summed E-state index contributed by atoms with van der Waals surface area (Å²) in [6.07, 6.45) is 6.83. The lowest BCUT2D eigenvalue weighted by molar-refractivity contribution is -0.135. The van der Waals surface area contributed by atoms with Crippen LogP contribution in [0.5, 0.6) is 5.75 Å². The molecule has 7 nitrogen and oxygen atoms in total. The summed E-state index contributed by atoms with van der Waals surface area (Å²) in [4.78, 5) is 21.2. The Morgan fingerprint density at radius 2 is 2.00 bits per heavy atom. The number of halogens is 4. The molecule has 11 heteroatoms. The SMILES string of the molecule is C[C@@H](Oc1c(N)ncc2c(C3=CCN(C(=O)[C@@H]4CCCN4C)CC3)coc12)c1c(Cl)c(F)cc(F)c1Cl. The maximum atomic E-state index is 14.1. The number of likely N-dealkylation sites (tertiary alicyclic amines) is 1. The van der Waals surface area contributed by atoms with E-state index in [9.17, 15) is 13.6 Å². The number of nitrogens with zero attached hydrogens (tertiary/aromatic N) is 3. The molecule has 0 spiro atoms. The minimum atomic E-state index is -0.962.